The fourth-order valence-electron chi connectivity index (χ4n) is 3.78. The topological polar surface area (TPSA) is 63.1 Å². The maximum atomic E-state index is 10.5. The van der Waals surface area contributed by atoms with E-state index in [9.17, 15) is 5.11 Å². The maximum absolute atomic E-state index is 10.5. The van der Waals surface area contributed by atoms with Crippen molar-refractivity contribution in [3.8, 4) is 17.2 Å². The third-order valence-corrected chi connectivity index (χ3v) is 6.06. The monoisotopic (exact) mass is 484 g/mol. The number of aromatic hydroxyl groups is 1. The van der Waals surface area contributed by atoms with Gasteiger partial charge >= 0.3 is 0 Å². The van der Waals surface area contributed by atoms with Gasteiger partial charge in [0.15, 0.2) is 11.5 Å². The second-order valence-corrected chi connectivity index (χ2v) is 8.58. The number of nitrogens with one attached hydrogen (secondary N) is 1. The van der Waals surface area contributed by atoms with Gasteiger partial charge in [0.1, 0.15) is 11.9 Å². The summed E-state index contributed by atoms with van der Waals surface area (Å²) in [5.41, 5.74) is 3.67. The van der Waals surface area contributed by atoms with Crippen LogP contribution in [0.1, 0.15) is 35.3 Å². The van der Waals surface area contributed by atoms with Gasteiger partial charge in [-0.25, -0.2) is 0 Å². The predicted molar refractivity (Wildman–Crippen MR) is 120 cm³/mol. The second-order valence-electron chi connectivity index (χ2n) is 7.22. The van der Waals surface area contributed by atoms with Crippen LogP contribution in [0.15, 0.2) is 70.1 Å². The van der Waals surface area contributed by atoms with Crippen LogP contribution in [-0.2, 0) is 0 Å². The van der Waals surface area contributed by atoms with Crippen LogP contribution in [0.2, 0.25) is 5.02 Å². The van der Waals surface area contributed by atoms with E-state index in [0.29, 0.717) is 11.4 Å². The molecule has 0 saturated heterocycles. The number of benzene rings is 3. The van der Waals surface area contributed by atoms with Crippen molar-refractivity contribution in [2.24, 2.45) is 4.99 Å². The third-order valence-electron chi connectivity index (χ3n) is 5.30. The summed E-state index contributed by atoms with van der Waals surface area (Å²) in [5, 5.41) is 14.6. The Morgan fingerprint density at radius 2 is 1.80 bits per heavy atom. The molecular weight excluding hydrogens is 468 g/mol. The van der Waals surface area contributed by atoms with Gasteiger partial charge in [0.05, 0.1) is 0 Å². The Bertz CT molecular complexity index is 1130. The van der Waals surface area contributed by atoms with Crippen LogP contribution in [0.3, 0.4) is 0 Å². The number of fused-ring (bicyclic) bond motifs is 1. The Balaban J connectivity index is 1.56. The van der Waals surface area contributed by atoms with Gasteiger partial charge in [-0.2, -0.15) is 0 Å². The molecule has 7 heteroatoms. The minimum absolute atomic E-state index is 0.157. The summed E-state index contributed by atoms with van der Waals surface area (Å²) in [4.78, 5) is 4.98. The predicted octanol–water partition coefficient (Wildman–Crippen LogP) is 5.76. The largest absolute Gasteiger partial charge is 0.508 e. The molecule has 0 radical (unpaired) electrons. The average Bonchev–Trinajstić information content (AvgIpc) is 3.23. The van der Waals surface area contributed by atoms with Crippen molar-refractivity contribution in [1.82, 2.24) is 5.32 Å². The quantitative estimate of drug-likeness (QED) is 0.495. The molecule has 5 nitrogen and oxygen atoms in total. The van der Waals surface area contributed by atoms with Crippen LogP contribution in [-0.4, -0.2) is 17.6 Å². The molecule has 0 saturated carbocycles. The van der Waals surface area contributed by atoms with E-state index in [2.05, 4.69) is 21.2 Å². The van der Waals surface area contributed by atoms with Crippen LogP contribution < -0.4 is 14.8 Å². The number of hydrogen-bond acceptors (Lipinski definition) is 5. The zero-order valence-corrected chi connectivity index (χ0v) is 18.2. The fourth-order valence-corrected chi connectivity index (χ4v) is 4.22. The number of rotatable bonds is 3. The zero-order chi connectivity index (χ0) is 20.7. The van der Waals surface area contributed by atoms with Crippen LogP contribution in [0, 0.1) is 0 Å². The molecule has 0 spiro atoms. The first-order chi connectivity index (χ1) is 14.6. The van der Waals surface area contributed by atoms with Crippen molar-refractivity contribution in [3.63, 3.8) is 0 Å². The Hall–Kier alpha value is -2.54. The molecule has 152 valence electrons. The Kier molecular flexibility index (Phi) is 5.15. The molecule has 2 heterocycles. The van der Waals surface area contributed by atoms with Crippen LogP contribution >= 0.6 is 27.5 Å². The van der Waals surface area contributed by atoms with E-state index in [1.807, 2.05) is 42.5 Å². The van der Waals surface area contributed by atoms with Crippen LogP contribution in [0.25, 0.3) is 0 Å². The molecule has 30 heavy (non-hydrogen) atoms. The van der Waals surface area contributed by atoms with Gasteiger partial charge in [0.2, 0.25) is 6.79 Å². The van der Waals surface area contributed by atoms with Crippen LogP contribution in [0.4, 0.5) is 0 Å². The molecule has 3 aromatic rings. The van der Waals surface area contributed by atoms with Gasteiger partial charge in [0.25, 0.3) is 0 Å². The van der Waals surface area contributed by atoms with Gasteiger partial charge in [-0.1, -0.05) is 39.7 Å². The molecule has 2 atom stereocenters. The first-order valence-electron chi connectivity index (χ1n) is 9.53. The lowest BCUT2D eigenvalue weighted by Gasteiger charge is -2.31. The number of phenols is 1. The molecule has 2 unspecified atom stereocenters. The maximum Gasteiger partial charge on any atom is 0.231 e. The lowest BCUT2D eigenvalue weighted by molar-refractivity contribution is 0.174. The summed E-state index contributed by atoms with van der Waals surface area (Å²) in [6.07, 6.45) is 0.330. The van der Waals surface area contributed by atoms with Crippen LogP contribution in [0.5, 0.6) is 17.2 Å². The lowest BCUT2D eigenvalue weighted by atomic mass is 9.93. The van der Waals surface area contributed by atoms with Gasteiger partial charge in [-0.05, 0) is 59.7 Å². The number of hydrogen-bond donors (Lipinski definition) is 2. The van der Waals surface area contributed by atoms with E-state index >= 15 is 0 Å². The summed E-state index contributed by atoms with van der Waals surface area (Å²) in [7, 11) is 0. The SMILES string of the molecule is Oc1ccc(Cl)cc1C1CC(c2ccc3c(c2)OCO3)=NC(c2ccc(Br)cc2)N1. The molecule has 2 aliphatic heterocycles. The van der Waals surface area contributed by atoms with Gasteiger partial charge < -0.3 is 14.6 Å². The smallest absolute Gasteiger partial charge is 0.231 e. The molecule has 0 bridgehead atoms. The lowest BCUT2D eigenvalue weighted by Crippen LogP contribution is -2.33. The highest BCUT2D eigenvalue weighted by molar-refractivity contribution is 9.10. The van der Waals surface area contributed by atoms with E-state index < -0.39 is 0 Å². The van der Waals surface area contributed by atoms with E-state index in [-0.39, 0.29) is 24.8 Å². The first kappa shape index (κ1) is 19.4. The number of halogens is 2. The number of phenolic OH excluding ortho intramolecular Hbond substituents is 1. The Morgan fingerprint density at radius 3 is 2.63 bits per heavy atom. The highest BCUT2D eigenvalue weighted by atomic mass is 79.9. The molecule has 0 aliphatic carbocycles. The van der Waals surface area contributed by atoms with Crippen molar-refractivity contribution in [2.45, 2.75) is 18.6 Å². The van der Waals surface area contributed by atoms with Crippen molar-refractivity contribution in [1.29, 1.82) is 0 Å². The van der Waals surface area contributed by atoms with Gasteiger partial charge in [-0.15, -0.1) is 0 Å². The Morgan fingerprint density at radius 1 is 1.00 bits per heavy atom. The minimum atomic E-state index is -0.268. The minimum Gasteiger partial charge on any atom is -0.508 e. The van der Waals surface area contributed by atoms with E-state index in [1.165, 1.54) is 0 Å². The molecule has 3 aromatic carbocycles. The summed E-state index contributed by atoms with van der Waals surface area (Å²) < 4.78 is 12.0. The standard InChI is InChI=1S/C23H18BrClN2O3/c24-15-4-1-13(2-5-15)23-26-18(14-3-8-21-22(9-14)30-12-29-21)11-19(27-23)17-10-16(25)6-7-20(17)28/h1-10,19,23,27-28H,11-12H2. The normalized spacial score (nSPS) is 20.1. The highest BCUT2D eigenvalue weighted by Crippen LogP contribution is 2.38. The highest BCUT2D eigenvalue weighted by Gasteiger charge is 2.28. The number of aliphatic imine (C=N–C) groups is 1. The molecule has 0 amide bonds. The average molecular weight is 486 g/mol. The van der Waals surface area contributed by atoms with Crippen molar-refractivity contribution in [3.05, 3.63) is 86.8 Å². The summed E-state index contributed by atoms with van der Waals surface area (Å²) >= 11 is 9.70. The second kappa shape index (κ2) is 7.95. The molecule has 2 N–H and O–H groups in total. The van der Waals surface area contributed by atoms with Gasteiger partial charge in [0, 0.05) is 33.2 Å². The van der Waals surface area contributed by atoms with E-state index in [4.69, 9.17) is 26.1 Å². The summed E-state index contributed by atoms with van der Waals surface area (Å²) in [6, 6.07) is 18.9. The number of nitrogens with zero attached hydrogens (tertiary/aromatic N) is 1. The van der Waals surface area contributed by atoms with Crippen molar-refractivity contribution in [2.75, 3.05) is 6.79 Å². The molecular formula is C23H18BrClN2O3. The van der Waals surface area contributed by atoms with Crippen molar-refractivity contribution >= 4 is 33.2 Å². The summed E-state index contributed by atoms with van der Waals surface area (Å²) in [6.45, 7) is 0.230. The number of ether oxygens (including phenoxy) is 2. The zero-order valence-electron chi connectivity index (χ0n) is 15.8. The van der Waals surface area contributed by atoms with E-state index in [1.54, 1.807) is 18.2 Å². The Labute approximate surface area is 187 Å². The molecule has 5 rings (SSSR count). The van der Waals surface area contributed by atoms with Gasteiger partial charge in [-0.3, -0.25) is 10.3 Å². The third kappa shape index (κ3) is 3.78. The first-order valence-corrected chi connectivity index (χ1v) is 10.7. The molecule has 0 aromatic heterocycles. The fraction of sp³-hybridized carbons (Fsp3) is 0.174. The summed E-state index contributed by atoms with van der Waals surface area (Å²) in [5.74, 6) is 1.66. The van der Waals surface area contributed by atoms with E-state index in [0.717, 1.165) is 38.4 Å². The van der Waals surface area contributed by atoms with Crippen molar-refractivity contribution < 1.29 is 14.6 Å². The molecule has 0 fully saturated rings. The molecule has 2 aliphatic rings.